The van der Waals surface area contributed by atoms with Crippen LogP contribution in [0.15, 0.2) is 24.3 Å². The maximum absolute atomic E-state index is 12.9. The summed E-state index contributed by atoms with van der Waals surface area (Å²) in [5, 5.41) is 0. The van der Waals surface area contributed by atoms with Crippen LogP contribution in [0.25, 0.3) is 0 Å². The lowest BCUT2D eigenvalue weighted by Gasteiger charge is -2.24. The van der Waals surface area contributed by atoms with Gasteiger partial charge in [-0.2, -0.15) is 13.5 Å². The van der Waals surface area contributed by atoms with E-state index in [1.807, 2.05) is 20.8 Å². The van der Waals surface area contributed by atoms with E-state index < -0.39 is 5.60 Å². The Morgan fingerprint density at radius 1 is 1.30 bits per heavy atom. The number of hydrogen-bond donors (Lipinski definition) is 0. The van der Waals surface area contributed by atoms with Gasteiger partial charge in [0.05, 0.1) is 0 Å². The number of carbonyl (C=O) groups is 1. The maximum atomic E-state index is 12.9. The largest absolute Gasteiger partial charge is 0.444 e. The van der Waals surface area contributed by atoms with Crippen LogP contribution in [0.1, 0.15) is 38.7 Å². The molecule has 1 aliphatic rings. The topological polar surface area (TPSA) is 29.5 Å². The van der Waals surface area contributed by atoms with Crippen LogP contribution >= 0.6 is 13.5 Å². The molecule has 1 amide bonds. The lowest BCUT2D eigenvalue weighted by atomic mass is 9.99. The number of halogens is 1. The van der Waals surface area contributed by atoms with Gasteiger partial charge in [-0.25, -0.2) is 9.18 Å². The molecule has 3 nitrogen and oxygen atoms in total. The molecule has 0 saturated carbocycles. The van der Waals surface area contributed by atoms with Crippen LogP contribution in [0.4, 0.5) is 9.18 Å². The summed E-state index contributed by atoms with van der Waals surface area (Å²) >= 11 is 0. The Labute approximate surface area is 126 Å². The van der Waals surface area contributed by atoms with E-state index in [1.54, 1.807) is 17.0 Å². The molecule has 0 bridgehead atoms. The third-order valence-electron chi connectivity index (χ3n) is 3.18. The van der Waals surface area contributed by atoms with E-state index in [1.165, 1.54) is 12.1 Å². The molecule has 0 aliphatic carbocycles. The molecule has 0 radical (unpaired) electrons. The second kappa shape index (κ2) is 6.48. The van der Waals surface area contributed by atoms with Crippen molar-refractivity contribution < 1.29 is 13.9 Å². The van der Waals surface area contributed by atoms with Crippen molar-refractivity contribution in [1.29, 1.82) is 0 Å². The molecule has 1 saturated heterocycles. The maximum Gasteiger partial charge on any atom is 0.410 e. The zero-order valence-electron chi connectivity index (χ0n) is 12.1. The lowest BCUT2D eigenvalue weighted by molar-refractivity contribution is 0.0292. The van der Waals surface area contributed by atoms with Crippen LogP contribution in [-0.4, -0.2) is 29.7 Å². The zero-order valence-corrected chi connectivity index (χ0v) is 13.1. The monoisotopic (exact) mass is 299 g/mol. The number of carbonyl (C=O) groups excluding carboxylic acids is 1. The van der Waals surface area contributed by atoms with E-state index >= 15 is 0 Å². The van der Waals surface area contributed by atoms with E-state index in [2.05, 4.69) is 0 Å². The number of likely N-dealkylation sites (tertiary alicyclic amines) is 1. The van der Waals surface area contributed by atoms with Crippen LogP contribution in [0.3, 0.4) is 0 Å². The van der Waals surface area contributed by atoms with E-state index in [9.17, 15) is 9.18 Å². The molecule has 0 spiro atoms. The second-order valence-electron chi connectivity index (χ2n) is 5.96. The predicted octanol–water partition coefficient (Wildman–Crippen LogP) is 3.66. The molecular weight excluding hydrogens is 277 g/mol. The highest BCUT2D eigenvalue weighted by molar-refractivity contribution is 7.59. The Morgan fingerprint density at radius 3 is 2.45 bits per heavy atom. The van der Waals surface area contributed by atoms with Gasteiger partial charge in [0.2, 0.25) is 0 Å². The predicted molar refractivity (Wildman–Crippen MR) is 81.9 cm³/mol. The Hall–Kier alpha value is -1.23. The second-order valence-corrected chi connectivity index (χ2v) is 5.96. The van der Waals surface area contributed by atoms with E-state index in [4.69, 9.17) is 4.74 Å². The van der Waals surface area contributed by atoms with Crippen molar-refractivity contribution in [2.75, 3.05) is 13.1 Å². The smallest absolute Gasteiger partial charge is 0.410 e. The molecular formula is C15H22FNO2S. The van der Waals surface area contributed by atoms with Gasteiger partial charge < -0.3 is 9.64 Å². The summed E-state index contributed by atoms with van der Waals surface area (Å²) < 4.78 is 18.2. The minimum atomic E-state index is -0.467. The van der Waals surface area contributed by atoms with Crippen molar-refractivity contribution in [3.63, 3.8) is 0 Å². The van der Waals surface area contributed by atoms with Crippen molar-refractivity contribution in [3.8, 4) is 0 Å². The number of benzene rings is 1. The highest BCUT2D eigenvalue weighted by Crippen LogP contribution is 2.28. The Morgan fingerprint density at radius 2 is 1.90 bits per heavy atom. The molecule has 2 rings (SSSR count). The first kappa shape index (κ1) is 16.8. The SMILES string of the molecule is CC(C)(C)OC(=O)N1CC[C@@H](c2ccc(F)cc2)C1.S. The summed E-state index contributed by atoms with van der Waals surface area (Å²) in [4.78, 5) is 13.7. The van der Waals surface area contributed by atoms with Crippen LogP contribution in [-0.2, 0) is 4.74 Å². The summed E-state index contributed by atoms with van der Waals surface area (Å²) in [5.74, 6) is 0.0406. The fourth-order valence-corrected chi connectivity index (χ4v) is 2.26. The first-order valence-electron chi connectivity index (χ1n) is 6.58. The molecule has 20 heavy (non-hydrogen) atoms. The molecule has 0 unspecified atom stereocenters. The van der Waals surface area contributed by atoms with Crippen molar-refractivity contribution in [1.82, 2.24) is 4.90 Å². The number of rotatable bonds is 1. The number of hydrogen-bond acceptors (Lipinski definition) is 2. The van der Waals surface area contributed by atoms with Crippen LogP contribution < -0.4 is 0 Å². The summed E-state index contributed by atoms with van der Waals surface area (Å²) in [7, 11) is 0. The van der Waals surface area contributed by atoms with Gasteiger partial charge in [-0.3, -0.25) is 0 Å². The minimum absolute atomic E-state index is 0. The molecule has 112 valence electrons. The van der Waals surface area contributed by atoms with E-state index in [0.717, 1.165) is 12.0 Å². The van der Waals surface area contributed by atoms with Crippen LogP contribution in [0.5, 0.6) is 0 Å². The van der Waals surface area contributed by atoms with E-state index in [-0.39, 0.29) is 31.3 Å². The third kappa shape index (κ3) is 4.40. The first-order chi connectivity index (χ1) is 8.85. The van der Waals surface area contributed by atoms with Crippen molar-refractivity contribution in [2.45, 2.75) is 38.7 Å². The molecule has 5 heteroatoms. The van der Waals surface area contributed by atoms with Gasteiger partial charge in [-0.05, 0) is 44.9 Å². The molecule has 1 heterocycles. The minimum Gasteiger partial charge on any atom is -0.444 e. The van der Waals surface area contributed by atoms with Gasteiger partial charge >= 0.3 is 6.09 Å². The fraction of sp³-hybridized carbons (Fsp3) is 0.533. The number of amides is 1. The van der Waals surface area contributed by atoms with Crippen molar-refractivity contribution >= 4 is 19.6 Å². The lowest BCUT2D eigenvalue weighted by Crippen LogP contribution is -2.35. The van der Waals surface area contributed by atoms with Crippen LogP contribution in [0, 0.1) is 5.82 Å². The van der Waals surface area contributed by atoms with Crippen LogP contribution in [0.2, 0.25) is 0 Å². The van der Waals surface area contributed by atoms with Crippen molar-refractivity contribution in [3.05, 3.63) is 35.6 Å². The highest BCUT2D eigenvalue weighted by Gasteiger charge is 2.30. The third-order valence-corrected chi connectivity index (χ3v) is 3.18. The average molecular weight is 299 g/mol. The van der Waals surface area contributed by atoms with E-state index in [0.29, 0.717) is 13.1 Å². The molecule has 1 aliphatic heterocycles. The number of nitrogens with zero attached hydrogens (tertiary/aromatic N) is 1. The molecule has 1 fully saturated rings. The van der Waals surface area contributed by atoms with Gasteiger partial charge in [0, 0.05) is 19.0 Å². The van der Waals surface area contributed by atoms with Crippen molar-refractivity contribution in [2.24, 2.45) is 0 Å². The molecule has 1 aromatic rings. The summed E-state index contributed by atoms with van der Waals surface area (Å²) in [6.45, 7) is 6.91. The van der Waals surface area contributed by atoms with Gasteiger partial charge in [0.1, 0.15) is 11.4 Å². The summed E-state index contributed by atoms with van der Waals surface area (Å²) in [6.07, 6.45) is 0.627. The molecule has 1 aromatic carbocycles. The Bertz CT molecular complexity index is 456. The summed E-state index contributed by atoms with van der Waals surface area (Å²) in [5.41, 5.74) is 0.609. The Balaban J connectivity index is 0.00000200. The van der Waals surface area contributed by atoms with Gasteiger partial charge in [-0.1, -0.05) is 12.1 Å². The molecule has 1 atom stereocenters. The molecule has 0 N–H and O–H groups in total. The zero-order chi connectivity index (χ0) is 14.0. The average Bonchev–Trinajstić information content (AvgIpc) is 2.77. The number of ether oxygens (including phenoxy) is 1. The highest BCUT2D eigenvalue weighted by atomic mass is 32.1. The fourth-order valence-electron chi connectivity index (χ4n) is 2.26. The Kier molecular flexibility index (Phi) is 5.45. The normalized spacial score (nSPS) is 18.6. The first-order valence-corrected chi connectivity index (χ1v) is 6.58. The summed E-state index contributed by atoms with van der Waals surface area (Å²) in [6, 6.07) is 6.51. The molecule has 0 aromatic heterocycles. The van der Waals surface area contributed by atoms with Gasteiger partial charge in [-0.15, -0.1) is 0 Å². The quantitative estimate of drug-likeness (QED) is 0.792. The standard InChI is InChI=1S/C15H20FNO2.H2S/c1-15(2,3)19-14(18)17-9-8-12(10-17)11-4-6-13(16)7-5-11;/h4-7,12H,8-10H2,1-3H3;1H2/t12-;/m1./s1. The van der Waals surface area contributed by atoms with Gasteiger partial charge in [0.15, 0.2) is 0 Å². The van der Waals surface area contributed by atoms with Gasteiger partial charge in [0.25, 0.3) is 0 Å².